The first-order valence-corrected chi connectivity index (χ1v) is 13.4. The van der Waals surface area contributed by atoms with Crippen LogP contribution in [0.1, 0.15) is 56.2 Å². The van der Waals surface area contributed by atoms with E-state index in [9.17, 15) is 31.1 Å². The van der Waals surface area contributed by atoms with Crippen molar-refractivity contribution in [2.24, 2.45) is 0 Å². The number of benzene rings is 2. The van der Waals surface area contributed by atoms with Gasteiger partial charge in [-0.05, 0) is 87.8 Å². The first-order chi connectivity index (χ1) is 19.6. The molecule has 0 radical (unpaired) electrons. The molecule has 1 atom stereocenters. The van der Waals surface area contributed by atoms with E-state index in [4.69, 9.17) is 18.9 Å². The monoisotopic (exact) mass is 607 g/mol. The number of hydrogen-bond acceptors (Lipinski definition) is 6. The van der Waals surface area contributed by atoms with Crippen LogP contribution in [0.15, 0.2) is 42.5 Å². The smallest absolute Gasteiger partial charge is 0.493 e. The number of nitrogens with one attached hydrogen (secondary N) is 1. The normalized spacial score (nSPS) is 19.0. The van der Waals surface area contributed by atoms with Gasteiger partial charge in [0.25, 0.3) is 0 Å². The lowest BCUT2D eigenvalue weighted by atomic mass is 9.84. The number of alkyl halides is 6. The molecule has 1 heterocycles. The second kappa shape index (κ2) is 13.9. The molecule has 1 aliphatic heterocycles. The van der Waals surface area contributed by atoms with E-state index in [1.165, 1.54) is 37.4 Å². The average Bonchev–Trinajstić information content (AvgIpc) is 3.00. The predicted octanol–water partition coefficient (Wildman–Crippen LogP) is 7.21. The van der Waals surface area contributed by atoms with Crippen LogP contribution < -0.4 is 14.8 Å². The number of amides is 1. The van der Waals surface area contributed by atoms with Crippen molar-refractivity contribution in [2.45, 2.75) is 76.1 Å². The molecule has 2 aromatic carbocycles. The highest BCUT2D eigenvalue weighted by molar-refractivity contribution is 5.69. The molecule has 2 aromatic rings. The third-order valence-electron chi connectivity index (χ3n) is 6.79. The maximum absolute atomic E-state index is 13.9. The Labute approximate surface area is 240 Å². The zero-order chi connectivity index (χ0) is 31.0. The number of alkyl carbamates (subject to hydrolysis) is 1. The second-order valence-corrected chi connectivity index (χ2v) is 10.8. The van der Waals surface area contributed by atoms with Crippen molar-refractivity contribution >= 4 is 6.09 Å². The van der Waals surface area contributed by atoms with E-state index in [0.29, 0.717) is 43.2 Å². The standard InChI is InChI=1S/C29H35F6NO6/c1-26(2)14-15-27(18-39-19-38-3,36-25(37)42-26)13-12-21-8-11-24(23(17-21)28(30,31)32)40-16-4-5-20-6-9-22(10-7-20)41-29(33,34)35/h6-11,17H,4-5,12-16,18-19H2,1-3H3,(H,36,37)/t27-/m0/s1. The molecule has 1 fully saturated rings. The number of halogens is 6. The third kappa shape index (κ3) is 10.6. The molecule has 1 amide bonds. The highest BCUT2D eigenvalue weighted by atomic mass is 19.4. The summed E-state index contributed by atoms with van der Waals surface area (Å²) in [4.78, 5) is 12.4. The van der Waals surface area contributed by atoms with Gasteiger partial charge in [-0.2, -0.15) is 13.2 Å². The molecular formula is C29H35F6NO6. The lowest BCUT2D eigenvalue weighted by Crippen LogP contribution is -2.51. The van der Waals surface area contributed by atoms with Gasteiger partial charge in [-0.15, -0.1) is 13.2 Å². The van der Waals surface area contributed by atoms with Gasteiger partial charge in [-0.3, -0.25) is 0 Å². The summed E-state index contributed by atoms with van der Waals surface area (Å²) in [5.74, 6) is -0.680. The zero-order valence-electron chi connectivity index (χ0n) is 23.6. The van der Waals surface area contributed by atoms with Crippen LogP contribution in [0.5, 0.6) is 11.5 Å². The Morgan fingerprint density at radius 3 is 2.29 bits per heavy atom. The highest BCUT2D eigenvalue weighted by Crippen LogP contribution is 2.38. The van der Waals surface area contributed by atoms with Crippen LogP contribution in [-0.2, 0) is 33.2 Å². The van der Waals surface area contributed by atoms with Gasteiger partial charge in [0.1, 0.15) is 23.9 Å². The van der Waals surface area contributed by atoms with Crippen LogP contribution in [0.2, 0.25) is 0 Å². The predicted molar refractivity (Wildman–Crippen MR) is 140 cm³/mol. The molecule has 13 heteroatoms. The summed E-state index contributed by atoms with van der Waals surface area (Å²) in [7, 11) is 1.46. The Bertz CT molecular complexity index is 1170. The van der Waals surface area contributed by atoms with Crippen LogP contribution in [0.25, 0.3) is 0 Å². The molecule has 0 unspecified atom stereocenters. The molecule has 0 spiro atoms. The Balaban J connectivity index is 1.64. The molecule has 42 heavy (non-hydrogen) atoms. The van der Waals surface area contributed by atoms with E-state index >= 15 is 0 Å². The van der Waals surface area contributed by atoms with Crippen molar-refractivity contribution in [1.29, 1.82) is 0 Å². The maximum atomic E-state index is 13.9. The summed E-state index contributed by atoms with van der Waals surface area (Å²) in [6.45, 7) is 3.62. The third-order valence-corrected chi connectivity index (χ3v) is 6.79. The molecule has 1 N–H and O–H groups in total. The maximum Gasteiger partial charge on any atom is 0.573 e. The van der Waals surface area contributed by atoms with Crippen LogP contribution in [0, 0.1) is 0 Å². The molecule has 0 saturated carbocycles. The van der Waals surface area contributed by atoms with Gasteiger partial charge in [-0.1, -0.05) is 18.2 Å². The van der Waals surface area contributed by atoms with E-state index in [0.717, 1.165) is 6.07 Å². The summed E-state index contributed by atoms with van der Waals surface area (Å²) in [5.41, 5.74) is -1.41. The summed E-state index contributed by atoms with van der Waals surface area (Å²) < 4.78 is 104. The van der Waals surface area contributed by atoms with Crippen molar-refractivity contribution in [3.8, 4) is 11.5 Å². The van der Waals surface area contributed by atoms with E-state index in [1.54, 1.807) is 19.9 Å². The van der Waals surface area contributed by atoms with Crippen molar-refractivity contribution in [3.63, 3.8) is 0 Å². The molecule has 1 saturated heterocycles. The minimum Gasteiger partial charge on any atom is -0.493 e. The van der Waals surface area contributed by atoms with Gasteiger partial charge in [0.15, 0.2) is 0 Å². The van der Waals surface area contributed by atoms with Crippen LogP contribution >= 0.6 is 0 Å². The summed E-state index contributed by atoms with van der Waals surface area (Å²) in [6, 6.07) is 9.11. The number of hydrogen-bond donors (Lipinski definition) is 1. The lowest BCUT2D eigenvalue weighted by Gasteiger charge is -2.32. The van der Waals surface area contributed by atoms with Crippen molar-refractivity contribution < 1.29 is 54.8 Å². The Kier molecular flexibility index (Phi) is 11.0. The van der Waals surface area contributed by atoms with Crippen LogP contribution in [0.3, 0.4) is 0 Å². The minimum absolute atomic E-state index is 0.0100. The SMILES string of the molecule is COCOC[C@]1(CCc2ccc(OCCCc3ccc(OC(F)(F)F)cc3)c(C(F)(F)F)c2)CCC(C)(C)OC(=O)N1. The largest absolute Gasteiger partial charge is 0.573 e. The highest BCUT2D eigenvalue weighted by Gasteiger charge is 2.40. The number of cyclic esters (lactones) is 1. The quantitative estimate of drug-likeness (QED) is 0.147. The lowest BCUT2D eigenvalue weighted by molar-refractivity contribution is -0.274. The van der Waals surface area contributed by atoms with Gasteiger partial charge in [-0.25, -0.2) is 4.79 Å². The van der Waals surface area contributed by atoms with Gasteiger partial charge in [0, 0.05) is 7.11 Å². The fourth-order valence-electron chi connectivity index (χ4n) is 4.61. The number of rotatable bonds is 13. The van der Waals surface area contributed by atoms with Crippen LogP contribution in [-0.4, -0.2) is 50.7 Å². The molecule has 1 aliphatic rings. The number of ether oxygens (including phenoxy) is 5. The molecule has 0 bridgehead atoms. The van der Waals surface area contributed by atoms with Crippen molar-refractivity contribution in [1.82, 2.24) is 5.32 Å². The van der Waals surface area contributed by atoms with Crippen molar-refractivity contribution in [2.75, 3.05) is 27.1 Å². The molecule has 7 nitrogen and oxygen atoms in total. The Morgan fingerprint density at radius 1 is 0.952 bits per heavy atom. The van der Waals surface area contributed by atoms with Gasteiger partial charge >= 0.3 is 18.6 Å². The first kappa shape index (κ1) is 33.3. The number of methoxy groups -OCH3 is 1. The number of carbonyl (C=O) groups is 1. The molecule has 0 aromatic heterocycles. The van der Waals surface area contributed by atoms with E-state index in [-0.39, 0.29) is 37.9 Å². The average molecular weight is 608 g/mol. The van der Waals surface area contributed by atoms with Crippen LogP contribution in [0.4, 0.5) is 31.1 Å². The van der Waals surface area contributed by atoms with E-state index < -0.39 is 35.3 Å². The van der Waals surface area contributed by atoms with Gasteiger partial charge < -0.3 is 29.0 Å². The number of carbonyl (C=O) groups excluding carboxylic acids is 1. The first-order valence-electron chi connectivity index (χ1n) is 13.4. The van der Waals surface area contributed by atoms with Crippen molar-refractivity contribution in [3.05, 3.63) is 59.2 Å². The molecule has 0 aliphatic carbocycles. The molecule has 234 valence electrons. The van der Waals surface area contributed by atoms with Gasteiger partial charge in [0.2, 0.25) is 0 Å². The molecule has 3 rings (SSSR count). The summed E-state index contributed by atoms with van der Waals surface area (Å²) in [6.07, 6.45) is -7.85. The Morgan fingerprint density at radius 2 is 1.64 bits per heavy atom. The topological polar surface area (TPSA) is 75.2 Å². The van der Waals surface area contributed by atoms with E-state index in [1.807, 2.05) is 0 Å². The second-order valence-electron chi connectivity index (χ2n) is 10.8. The summed E-state index contributed by atoms with van der Waals surface area (Å²) >= 11 is 0. The fourth-order valence-corrected chi connectivity index (χ4v) is 4.61. The van der Waals surface area contributed by atoms with E-state index in [2.05, 4.69) is 10.1 Å². The molecular weight excluding hydrogens is 572 g/mol. The Hall–Kier alpha value is -3.19. The fraction of sp³-hybridized carbons (Fsp3) is 0.552. The zero-order valence-corrected chi connectivity index (χ0v) is 23.6. The number of aryl methyl sites for hydroxylation is 2. The summed E-state index contributed by atoms with van der Waals surface area (Å²) in [5, 5.41) is 2.85. The van der Waals surface area contributed by atoms with Gasteiger partial charge in [0.05, 0.1) is 24.3 Å². The minimum atomic E-state index is -4.79.